The third-order valence-electron chi connectivity index (χ3n) is 2.94. The Hall–Kier alpha value is -2.63. The van der Waals surface area contributed by atoms with Crippen molar-refractivity contribution < 1.29 is 22.7 Å². The Balaban J connectivity index is 2.32. The number of ether oxygens (including phenoxy) is 1. The molecule has 0 aliphatic rings. The van der Waals surface area contributed by atoms with Crippen LogP contribution >= 0.6 is 0 Å². The molecule has 0 unspecified atom stereocenters. The van der Waals surface area contributed by atoms with Crippen molar-refractivity contribution in [1.29, 1.82) is 0 Å². The average Bonchev–Trinajstić information content (AvgIpc) is 2.52. The number of benzene rings is 1. The lowest BCUT2D eigenvalue weighted by atomic mass is 10.0. The van der Waals surface area contributed by atoms with Crippen molar-refractivity contribution in [3.05, 3.63) is 65.5 Å². The fourth-order valence-electron chi connectivity index (χ4n) is 1.91. The van der Waals surface area contributed by atoms with Gasteiger partial charge in [-0.05, 0) is 24.3 Å². The van der Waals surface area contributed by atoms with Crippen LogP contribution in [0, 0.1) is 0 Å². The number of pyridine rings is 1. The van der Waals surface area contributed by atoms with Crippen LogP contribution in [0.1, 0.15) is 21.5 Å². The van der Waals surface area contributed by atoms with E-state index in [-0.39, 0.29) is 0 Å². The molecule has 0 amide bonds. The van der Waals surface area contributed by atoms with Gasteiger partial charge in [0.15, 0.2) is 5.78 Å². The summed E-state index contributed by atoms with van der Waals surface area (Å²) < 4.78 is 43.7. The summed E-state index contributed by atoms with van der Waals surface area (Å²) >= 11 is 0. The summed E-state index contributed by atoms with van der Waals surface area (Å²) in [6.07, 6.45) is 0.840. The van der Waals surface area contributed by atoms with Crippen molar-refractivity contribution in [1.82, 2.24) is 4.98 Å². The first kappa shape index (κ1) is 15.8. The molecule has 2 rings (SSSR count). The Morgan fingerprint density at radius 2 is 1.95 bits per heavy atom. The lowest BCUT2D eigenvalue weighted by Crippen LogP contribution is -2.11. The summed E-state index contributed by atoms with van der Waals surface area (Å²) in [5.74, 6) is -0.262. The van der Waals surface area contributed by atoms with E-state index < -0.39 is 23.1 Å². The van der Waals surface area contributed by atoms with E-state index >= 15 is 0 Å². The van der Waals surface area contributed by atoms with Gasteiger partial charge in [0, 0.05) is 23.5 Å². The van der Waals surface area contributed by atoms with Gasteiger partial charge in [-0.1, -0.05) is 18.2 Å². The number of carbonyl (C=O) groups excluding carboxylic acids is 1. The fourth-order valence-corrected chi connectivity index (χ4v) is 1.91. The molecule has 1 aromatic heterocycles. The number of methoxy groups -OCH3 is 1. The first-order valence-corrected chi connectivity index (χ1v) is 6.30. The highest BCUT2D eigenvalue weighted by molar-refractivity contribution is 6.08. The maximum absolute atomic E-state index is 12.9. The molecule has 0 radical (unpaired) electrons. The number of allylic oxidation sites excluding steroid dienone is 1. The van der Waals surface area contributed by atoms with Gasteiger partial charge in [-0.2, -0.15) is 13.2 Å². The van der Waals surface area contributed by atoms with Crippen LogP contribution < -0.4 is 4.74 Å². The molecule has 0 atom stereocenters. The van der Waals surface area contributed by atoms with Crippen LogP contribution in [-0.4, -0.2) is 17.9 Å². The van der Waals surface area contributed by atoms with Crippen LogP contribution in [0.4, 0.5) is 13.2 Å². The minimum atomic E-state index is -4.58. The molecule has 2 aromatic rings. The SMILES string of the molecule is COc1ccncc1C=CC(=O)c1ccccc1C(F)(F)F. The predicted molar refractivity (Wildman–Crippen MR) is 75.6 cm³/mol. The smallest absolute Gasteiger partial charge is 0.417 e. The lowest BCUT2D eigenvalue weighted by Gasteiger charge is -2.10. The standard InChI is InChI=1S/C16H12F3NO2/c1-22-15-8-9-20-10-11(15)6-7-14(21)12-4-2-3-5-13(12)16(17,18)19/h2-10H,1H3. The fraction of sp³-hybridized carbons (Fsp3) is 0.125. The molecule has 3 nitrogen and oxygen atoms in total. The molecule has 0 saturated carbocycles. The minimum absolute atomic E-state index is 0.394. The highest BCUT2D eigenvalue weighted by Crippen LogP contribution is 2.32. The third-order valence-corrected chi connectivity index (χ3v) is 2.94. The van der Waals surface area contributed by atoms with Crippen LogP contribution in [-0.2, 0) is 6.18 Å². The Labute approximate surface area is 125 Å². The molecule has 0 fully saturated rings. The first-order chi connectivity index (χ1) is 10.4. The number of nitrogens with zero attached hydrogens (tertiary/aromatic N) is 1. The third kappa shape index (κ3) is 3.52. The Morgan fingerprint density at radius 3 is 2.64 bits per heavy atom. The number of hydrogen-bond acceptors (Lipinski definition) is 3. The molecular formula is C16H12F3NO2. The summed E-state index contributed by atoms with van der Waals surface area (Å²) in [5.41, 5.74) is -0.847. The molecule has 1 aromatic carbocycles. The van der Waals surface area contributed by atoms with Gasteiger partial charge in [0.2, 0.25) is 0 Å². The van der Waals surface area contributed by atoms with Gasteiger partial charge in [-0.25, -0.2) is 0 Å². The number of hydrogen-bond donors (Lipinski definition) is 0. The average molecular weight is 307 g/mol. The molecule has 0 spiro atoms. The van der Waals surface area contributed by atoms with Gasteiger partial charge >= 0.3 is 6.18 Å². The van der Waals surface area contributed by atoms with Crippen molar-refractivity contribution >= 4 is 11.9 Å². The summed E-state index contributed by atoms with van der Waals surface area (Å²) in [4.78, 5) is 15.9. The van der Waals surface area contributed by atoms with E-state index in [1.807, 2.05) is 0 Å². The second kappa shape index (κ2) is 6.43. The number of carbonyl (C=O) groups is 1. The van der Waals surface area contributed by atoms with Gasteiger partial charge < -0.3 is 4.74 Å². The monoisotopic (exact) mass is 307 g/mol. The summed E-state index contributed by atoms with van der Waals surface area (Å²) in [6.45, 7) is 0. The van der Waals surface area contributed by atoms with Crippen LogP contribution in [0.2, 0.25) is 0 Å². The highest BCUT2D eigenvalue weighted by atomic mass is 19.4. The molecule has 0 saturated heterocycles. The van der Waals surface area contributed by atoms with Crippen molar-refractivity contribution in [2.24, 2.45) is 0 Å². The van der Waals surface area contributed by atoms with Crippen molar-refractivity contribution in [2.75, 3.05) is 7.11 Å². The highest BCUT2D eigenvalue weighted by Gasteiger charge is 2.34. The van der Waals surface area contributed by atoms with Gasteiger partial charge in [0.1, 0.15) is 5.75 Å². The number of halogens is 3. The summed E-state index contributed by atoms with van der Waals surface area (Å²) in [5, 5.41) is 0. The quantitative estimate of drug-likeness (QED) is 0.633. The maximum atomic E-state index is 12.9. The van der Waals surface area contributed by atoms with Crippen molar-refractivity contribution in [3.8, 4) is 5.75 Å². The van der Waals surface area contributed by atoms with Crippen LogP contribution in [0.3, 0.4) is 0 Å². The number of ketones is 1. The number of rotatable bonds is 4. The van der Waals surface area contributed by atoms with Gasteiger partial charge in [-0.15, -0.1) is 0 Å². The second-order valence-corrected chi connectivity index (χ2v) is 4.36. The minimum Gasteiger partial charge on any atom is -0.496 e. The normalized spacial score (nSPS) is 11.6. The van der Waals surface area contributed by atoms with Crippen LogP contribution in [0.5, 0.6) is 5.75 Å². The zero-order valence-corrected chi connectivity index (χ0v) is 11.6. The molecule has 0 bridgehead atoms. The molecule has 1 heterocycles. The van der Waals surface area contributed by atoms with Crippen molar-refractivity contribution in [2.45, 2.75) is 6.18 Å². The molecule has 0 N–H and O–H groups in total. The van der Waals surface area contributed by atoms with E-state index in [1.54, 1.807) is 6.07 Å². The molecule has 6 heteroatoms. The number of aromatic nitrogens is 1. The van der Waals surface area contributed by atoms with Crippen LogP contribution in [0.15, 0.2) is 48.8 Å². The van der Waals surface area contributed by atoms with Crippen molar-refractivity contribution in [3.63, 3.8) is 0 Å². The molecule has 22 heavy (non-hydrogen) atoms. The van der Waals surface area contributed by atoms with Crippen LogP contribution in [0.25, 0.3) is 6.08 Å². The second-order valence-electron chi connectivity index (χ2n) is 4.36. The van der Waals surface area contributed by atoms with E-state index in [2.05, 4.69) is 4.98 Å². The Bertz CT molecular complexity index is 709. The number of alkyl halides is 3. The Morgan fingerprint density at radius 1 is 1.23 bits per heavy atom. The van der Waals surface area contributed by atoms with E-state index in [4.69, 9.17) is 4.74 Å². The topological polar surface area (TPSA) is 39.2 Å². The molecule has 0 aliphatic carbocycles. The molecular weight excluding hydrogens is 295 g/mol. The van der Waals surface area contributed by atoms with Gasteiger partial charge in [0.25, 0.3) is 0 Å². The van der Waals surface area contributed by atoms with Gasteiger partial charge in [-0.3, -0.25) is 9.78 Å². The zero-order valence-electron chi connectivity index (χ0n) is 11.6. The van der Waals surface area contributed by atoms with E-state index in [0.717, 1.165) is 18.2 Å². The Kier molecular flexibility index (Phi) is 4.60. The predicted octanol–water partition coefficient (Wildman–Crippen LogP) is 4.01. The summed E-state index contributed by atoms with van der Waals surface area (Å²) in [7, 11) is 1.45. The molecule has 0 aliphatic heterocycles. The largest absolute Gasteiger partial charge is 0.496 e. The lowest BCUT2D eigenvalue weighted by molar-refractivity contribution is -0.137. The van der Waals surface area contributed by atoms with E-state index in [0.29, 0.717) is 11.3 Å². The first-order valence-electron chi connectivity index (χ1n) is 6.30. The van der Waals surface area contributed by atoms with E-state index in [9.17, 15) is 18.0 Å². The van der Waals surface area contributed by atoms with E-state index in [1.165, 1.54) is 37.7 Å². The molecule has 114 valence electrons. The maximum Gasteiger partial charge on any atom is 0.417 e. The van der Waals surface area contributed by atoms with Gasteiger partial charge in [0.05, 0.1) is 12.7 Å². The summed E-state index contributed by atoms with van der Waals surface area (Å²) in [6, 6.07) is 6.25. The zero-order chi connectivity index (χ0) is 16.2.